The summed E-state index contributed by atoms with van der Waals surface area (Å²) >= 11 is 7.93. The number of ether oxygens (including phenoxy) is 1. The number of nitrogens with one attached hydrogen (secondary N) is 1. The smallest absolute Gasteiger partial charge is 0.410 e. The number of hydrogen-bond donors (Lipinski definition) is 1. The zero-order chi connectivity index (χ0) is 21.7. The molecule has 2 aromatic rings. The van der Waals surface area contributed by atoms with Crippen molar-refractivity contribution in [2.24, 2.45) is 0 Å². The number of hydrogen-bond acceptors (Lipinski definition) is 4. The Hall–Kier alpha value is -2.18. The third-order valence-corrected chi connectivity index (χ3v) is 6.24. The molecule has 0 spiro atoms. The average molecular weight is 447 g/mol. The van der Waals surface area contributed by atoms with E-state index in [1.54, 1.807) is 4.90 Å². The highest BCUT2D eigenvalue weighted by molar-refractivity contribution is 8.00. The summed E-state index contributed by atoms with van der Waals surface area (Å²) in [5.74, 6) is 0.185. The van der Waals surface area contributed by atoms with Crippen LogP contribution in [-0.2, 0) is 22.4 Å². The van der Waals surface area contributed by atoms with Crippen molar-refractivity contribution >= 4 is 41.1 Å². The lowest BCUT2D eigenvalue weighted by atomic mass is 10.0. The van der Waals surface area contributed by atoms with Gasteiger partial charge in [0, 0.05) is 23.7 Å². The molecule has 0 atom stereocenters. The third kappa shape index (κ3) is 6.16. The van der Waals surface area contributed by atoms with Crippen LogP contribution < -0.4 is 5.32 Å². The molecule has 0 aromatic heterocycles. The number of carbonyl (C=O) groups excluding carboxylic acids is 2. The first-order valence-electron chi connectivity index (χ1n) is 9.99. The Labute approximate surface area is 187 Å². The van der Waals surface area contributed by atoms with Gasteiger partial charge in [-0.05, 0) is 62.9 Å². The number of benzene rings is 2. The van der Waals surface area contributed by atoms with E-state index in [4.69, 9.17) is 16.3 Å². The average Bonchev–Trinajstić information content (AvgIpc) is 2.89. The molecule has 5 nitrogen and oxygen atoms in total. The Kier molecular flexibility index (Phi) is 7.32. The van der Waals surface area contributed by atoms with Crippen molar-refractivity contribution in [3.05, 3.63) is 58.6 Å². The number of thioether (sulfide) groups is 1. The van der Waals surface area contributed by atoms with E-state index in [1.807, 2.05) is 63.2 Å². The van der Waals surface area contributed by atoms with E-state index in [-0.39, 0.29) is 17.8 Å². The molecule has 2 amide bonds. The summed E-state index contributed by atoms with van der Waals surface area (Å²) in [7, 11) is 0. The standard InChI is InChI=1S/C23H27ClN2O3S/c1-23(2,3)29-22(28)26-13-11-16-9-10-19(24)21(18(16)12-14-26)30-15-20(27)25-17-7-5-4-6-8-17/h4-10H,11-15H2,1-3H3,(H,25,27). The van der Waals surface area contributed by atoms with Gasteiger partial charge in [-0.15, -0.1) is 11.8 Å². The summed E-state index contributed by atoms with van der Waals surface area (Å²) in [5.41, 5.74) is 2.53. The Morgan fingerprint density at radius 1 is 1.10 bits per heavy atom. The second kappa shape index (κ2) is 9.75. The molecule has 30 heavy (non-hydrogen) atoms. The highest BCUT2D eigenvalue weighted by Crippen LogP contribution is 2.35. The zero-order valence-corrected chi connectivity index (χ0v) is 19.1. The van der Waals surface area contributed by atoms with E-state index < -0.39 is 5.60 Å². The van der Waals surface area contributed by atoms with Gasteiger partial charge in [0.15, 0.2) is 0 Å². The Morgan fingerprint density at radius 2 is 1.80 bits per heavy atom. The molecule has 7 heteroatoms. The van der Waals surface area contributed by atoms with Gasteiger partial charge in [0.25, 0.3) is 0 Å². The normalized spacial score (nSPS) is 13.9. The molecule has 0 unspecified atom stereocenters. The summed E-state index contributed by atoms with van der Waals surface area (Å²) in [6, 6.07) is 13.3. The van der Waals surface area contributed by atoms with Gasteiger partial charge in [-0.3, -0.25) is 4.79 Å². The first-order valence-corrected chi connectivity index (χ1v) is 11.3. The minimum Gasteiger partial charge on any atom is -0.444 e. The summed E-state index contributed by atoms with van der Waals surface area (Å²) in [6.45, 7) is 6.76. The highest BCUT2D eigenvalue weighted by atomic mass is 35.5. The van der Waals surface area contributed by atoms with Crippen LogP contribution in [0.5, 0.6) is 0 Å². The van der Waals surface area contributed by atoms with Crippen LogP contribution in [0.2, 0.25) is 5.02 Å². The Balaban J connectivity index is 1.67. The molecule has 0 bridgehead atoms. The molecular formula is C23H27ClN2O3S. The summed E-state index contributed by atoms with van der Waals surface area (Å²) < 4.78 is 5.52. The van der Waals surface area contributed by atoms with Gasteiger partial charge >= 0.3 is 6.09 Å². The van der Waals surface area contributed by atoms with E-state index in [0.29, 0.717) is 24.5 Å². The van der Waals surface area contributed by atoms with Gasteiger partial charge in [0.1, 0.15) is 5.60 Å². The van der Waals surface area contributed by atoms with Crippen LogP contribution in [0.3, 0.4) is 0 Å². The Bertz CT molecular complexity index is 913. The number of para-hydroxylation sites is 1. The second-order valence-electron chi connectivity index (χ2n) is 8.18. The van der Waals surface area contributed by atoms with Gasteiger partial charge in [-0.1, -0.05) is 35.9 Å². The van der Waals surface area contributed by atoms with Gasteiger partial charge < -0.3 is 15.0 Å². The van der Waals surface area contributed by atoms with E-state index in [0.717, 1.165) is 28.1 Å². The molecule has 0 radical (unpaired) electrons. The van der Waals surface area contributed by atoms with E-state index in [2.05, 4.69) is 5.32 Å². The van der Waals surface area contributed by atoms with Crippen LogP contribution in [0.4, 0.5) is 10.5 Å². The molecule has 2 aromatic carbocycles. The first kappa shape index (κ1) is 22.5. The van der Waals surface area contributed by atoms with Crippen molar-refractivity contribution in [2.75, 3.05) is 24.2 Å². The minimum atomic E-state index is -0.521. The lowest BCUT2D eigenvalue weighted by Gasteiger charge is -2.26. The van der Waals surface area contributed by atoms with Crippen LogP contribution in [0.15, 0.2) is 47.4 Å². The quantitative estimate of drug-likeness (QED) is 0.638. The van der Waals surface area contributed by atoms with Crippen LogP contribution in [0.25, 0.3) is 0 Å². The van der Waals surface area contributed by atoms with Gasteiger partial charge in [0.2, 0.25) is 5.91 Å². The fourth-order valence-electron chi connectivity index (χ4n) is 3.28. The molecule has 0 saturated heterocycles. The number of anilines is 1. The first-order chi connectivity index (χ1) is 14.2. The molecule has 1 N–H and O–H groups in total. The predicted octanol–water partition coefficient (Wildman–Crippen LogP) is 5.41. The molecule has 0 fully saturated rings. The van der Waals surface area contributed by atoms with Crippen molar-refractivity contribution in [3.8, 4) is 0 Å². The zero-order valence-electron chi connectivity index (χ0n) is 17.5. The molecule has 1 aliphatic heterocycles. The topological polar surface area (TPSA) is 58.6 Å². The fraction of sp³-hybridized carbons (Fsp3) is 0.391. The van der Waals surface area contributed by atoms with Crippen molar-refractivity contribution in [2.45, 2.75) is 44.1 Å². The molecule has 1 heterocycles. The summed E-state index contributed by atoms with van der Waals surface area (Å²) in [4.78, 5) is 27.5. The second-order valence-corrected chi connectivity index (χ2v) is 9.58. The molecule has 0 aliphatic carbocycles. The third-order valence-electron chi connectivity index (χ3n) is 4.65. The largest absolute Gasteiger partial charge is 0.444 e. The number of rotatable bonds is 4. The van der Waals surface area contributed by atoms with Crippen molar-refractivity contribution < 1.29 is 14.3 Å². The monoisotopic (exact) mass is 446 g/mol. The van der Waals surface area contributed by atoms with Crippen LogP contribution in [-0.4, -0.2) is 41.3 Å². The predicted molar refractivity (Wildman–Crippen MR) is 122 cm³/mol. The maximum atomic E-state index is 12.5. The van der Waals surface area contributed by atoms with Crippen molar-refractivity contribution in [3.63, 3.8) is 0 Å². The highest BCUT2D eigenvalue weighted by Gasteiger charge is 2.25. The summed E-state index contributed by atoms with van der Waals surface area (Å²) in [5, 5.41) is 3.53. The number of fused-ring (bicyclic) bond motifs is 1. The fourth-order valence-corrected chi connectivity index (χ4v) is 4.59. The SMILES string of the molecule is CC(C)(C)OC(=O)N1CCc2ccc(Cl)c(SCC(=O)Nc3ccccc3)c2CC1. The van der Waals surface area contributed by atoms with Gasteiger partial charge in [0.05, 0.1) is 10.8 Å². The van der Waals surface area contributed by atoms with Crippen LogP contribution in [0.1, 0.15) is 31.9 Å². The lowest BCUT2D eigenvalue weighted by Crippen LogP contribution is -2.38. The van der Waals surface area contributed by atoms with Gasteiger partial charge in [-0.2, -0.15) is 0 Å². The number of nitrogens with zero attached hydrogens (tertiary/aromatic N) is 1. The van der Waals surface area contributed by atoms with Gasteiger partial charge in [-0.25, -0.2) is 4.79 Å². The number of halogens is 1. The lowest BCUT2D eigenvalue weighted by molar-refractivity contribution is -0.113. The molecule has 0 saturated carbocycles. The summed E-state index contributed by atoms with van der Waals surface area (Å²) in [6.07, 6.45) is 1.12. The van der Waals surface area contributed by atoms with Crippen LogP contribution >= 0.6 is 23.4 Å². The van der Waals surface area contributed by atoms with Crippen molar-refractivity contribution in [1.82, 2.24) is 4.90 Å². The molecule has 160 valence electrons. The molecular weight excluding hydrogens is 420 g/mol. The molecule has 3 rings (SSSR count). The van der Waals surface area contributed by atoms with Crippen molar-refractivity contribution in [1.29, 1.82) is 0 Å². The van der Waals surface area contributed by atoms with E-state index in [1.165, 1.54) is 11.8 Å². The van der Waals surface area contributed by atoms with E-state index in [9.17, 15) is 9.59 Å². The van der Waals surface area contributed by atoms with Crippen LogP contribution in [0, 0.1) is 0 Å². The number of carbonyl (C=O) groups is 2. The minimum absolute atomic E-state index is 0.0797. The van der Waals surface area contributed by atoms with E-state index >= 15 is 0 Å². The Morgan fingerprint density at radius 3 is 2.50 bits per heavy atom. The maximum absolute atomic E-state index is 12.5. The number of amides is 2. The maximum Gasteiger partial charge on any atom is 0.410 e. The molecule has 1 aliphatic rings.